The minimum Gasteiger partial charge on any atom is -0.378 e. The number of rotatable bonds is 7. The van der Waals surface area contributed by atoms with Gasteiger partial charge < -0.3 is 14.8 Å². The van der Waals surface area contributed by atoms with E-state index >= 15 is 0 Å². The number of thioether (sulfide) groups is 1. The monoisotopic (exact) mass is 333 g/mol. The first-order chi connectivity index (χ1) is 11.0. The molecule has 0 radical (unpaired) electrons. The summed E-state index contributed by atoms with van der Waals surface area (Å²) in [4.78, 5) is 14.1. The molecule has 0 saturated carbocycles. The van der Waals surface area contributed by atoms with E-state index in [2.05, 4.69) is 22.4 Å². The third kappa shape index (κ3) is 4.48. The summed E-state index contributed by atoms with van der Waals surface area (Å²) in [5.41, 5.74) is 1.73. The summed E-state index contributed by atoms with van der Waals surface area (Å²) in [5.74, 6) is 1.77. The molecule has 0 bridgehead atoms. The van der Waals surface area contributed by atoms with Crippen molar-refractivity contribution in [1.29, 1.82) is 0 Å². The largest absolute Gasteiger partial charge is 0.378 e. The van der Waals surface area contributed by atoms with Crippen molar-refractivity contribution in [2.24, 2.45) is 7.05 Å². The molecule has 0 spiro atoms. The van der Waals surface area contributed by atoms with Gasteiger partial charge in [0.15, 0.2) is 5.16 Å². The van der Waals surface area contributed by atoms with Crippen LogP contribution < -0.4 is 10.2 Å². The van der Waals surface area contributed by atoms with Gasteiger partial charge in [-0.2, -0.15) is 0 Å². The summed E-state index contributed by atoms with van der Waals surface area (Å²) in [6.45, 7) is 2.62. The number of amides is 1. The molecule has 124 valence electrons. The normalized spacial score (nSPS) is 10.6. The van der Waals surface area contributed by atoms with Crippen LogP contribution in [0.5, 0.6) is 0 Å². The van der Waals surface area contributed by atoms with Crippen LogP contribution in [0.2, 0.25) is 0 Å². The summed E-state index contributed by atoms with van der Waals surface area (Å²) < 4.78 is 1.98. The van der Waals surface area contributed by atoms with E-state index in [9.17, 15) is 4.79 Å². The van der Waals surface area contributed by atoms with E-state index in [0.29, 0.717) is 18.5 Å². The van der Waals surface area contributed by atoms with Gasteiger partial charge in [0.25, 0.3) is 5.91 Å². The zero-order valence-electron chi connectivity index (χ0n) is 14.0. The van der Waals surface area contributed by atoms with Crippen LogP contribution in [0, 0.1) is 0 Å². The molecule has 1 aromatic carbocycles. The lowest BCUT2D eigenvalue weighted by Gasteiger charge is -2.12. The van der Waals surface area contributed by atoms with E-state index in [-0.39, 0.29) is 5.91 Å². The summed E-state index contributed by atoms with van der Waals surface area (Å²) in [5, 5.41) is 12.2. The molecule has 0 unspecified atom stereocenters. The van der Waals surface area contributed by atoms with Crippen LogP contribution in [-0.4, -0.2) is 47.1 Å². The first-order valence-electron chi connectivity index (χ1n) is 7.59. The Kier molecular flexibility index (Phi) is 6.04. The minimum absolute atomic E-state index is 0.0689. The molecular weight excluding hydrogens is 310 g/mol. The van der Waals surface area contributed by atoms with Gasteiger partial charge in [-0.3, -0.25) is 4.79 Å². The lowest BCUT2D eigenvalue weighted by Crippen LogP contribution is -2.26. The highest BCUT2D eigenvalue weighted by Crippen LogP contribution is 2.15. The third-order valence-corrected chi connectivity index (χ3v) is 4.38. The van der Waals surface area contributed by atoms with Crippen molar-refractivity contribution >= 4 is 23.4 Å². The van der Waals surface area contributed by atoms with Crippen LogP contribution in [0.25, 0.3) is 0 Å². The fourth-order valence-corrected chi connectivity index (χ4v) is 2.77. The Morgan fingerprint density at radius 3 is 2.57 bits per heavy atom. The maximum absolute atomic E-state index is 12.1. The maximum atomic E-state index is 12.1. The average molecular weight is 333 g/mol. The zero-order chi connectivity index (χ0) is 16.8. The van der Waals surface area contributed by atoms with Crippen LogP contribution in [0.15, 0.2) is 29.4 Å². The molecule has 0 fully saturated rings. The van der Waals surface area contributed by atoms with Crippen molar-refractivity contribution in [3.8, 4) is 0 Å². The van der Waals surface area contributed by atoms with Crippen LogP contribution in [-0.2, 0) is 13.5 Å². The molecule has 2 rings (SSSR count). The molecule has 1 amide bonds. The lowest BCUT2D eigenvalue weighted by molar-refractivity contribution is 0.0954. The Morgan fingerprint density at radius 2 is 1.96 bits per heavy atom. The number of nitrogens with one attached hydrogen (secondary N) is 1. The van der Waals surface area contributed by atoms with Crippen LogP contribution in [0.1, 0.15) is 23.1 Å². The van der Waals surface area contributed by atoms with Crippen molar-refractivity contribution in [2.45, 2.75) is 18.5 Å². The Hall–Kier alpha value is -2.02. The second kappa shape index (κ2) is 8.01. The van der Waals surface area contributed by atoms with Crippen molar-refractivity contribution in [1.82, 2.24) is 20.1 Å². The highest BCUT2D eigenvalue weighted by atomic mass is 32.2. The van der Waals surface area contributed by atoms with Crippen molar-refractivity contribution in [2.75, 3.05) is 31.3 Å². The molecule has 0 saturated heterocycles. The van der Waals surface area contributed by atoms with Crippen molar-refractivity contribution < 1.29 is 4.79 Å². The predicted molar refractivity (Wildman–Crippen MR) is 94.2 cm³/mol. The molecule has 0 aliphatic carbocycles. The van der Waals surface area contributed by atoms with E-state index in [1.165, 1.54) is 0 Å². The molecule has 6 nitrogen and oxygen atoms in total. The molecule has 0 atom stereocenters. The van der Waals surface area contributed by atoms with Gasteiger partial charge in [-0.1, -0.05) is 18.7 Å². The standard InChI is InChI=1S/C16H23N5OS/c1-5-23-16-19-18-14(21(16)4)10-11-17-15(22)12-6-8-13(9-7-12)20(2)3/h6-9H,5,10-11H2,1-4H3,(H,17,22). The second-order valence-electron chi connectivity index (χ2n) is 5.34. The minimum atomic E-state index is -0.0689. The fourth-order valence-electron chi connectivity index (χ4n) is 2.12. The number of anilines is 1. The molecule has 1 aromatic heterocycles. The lowest BCUT2D eigenvalue weighted by atomic mass is 10.2. The van der Waals surface area contributed by atoms with Gasteiger partial charge in [0.1, 0.15) is 5.82 Å². The van der Waals surface area contributed by atoms with Gasteiger partial charge in [0.05, 0.1) is 0 Å². The summed E-state index contributed by atoms with van der Waals surface area (Å²) in [6, 6.07) is 7.55. The Balaban J connectivity index is 1.87. The molecule has 1 N–H and O–H groups in total. The number of carbonyl (C=O) groups is 1. The van der Waals surface area contributed by atoms with Crippen molar-refractivity contribution in [3.63, 3.8) is 0 Å². The number of hydrogen-bond donors (Lipinski definition) is 1. The first-order valence-corrected chi connectivity index (χ1v) is 8.58. The van der Waals surface area contributed by atoms with Gasteiger partial charge in [0, 0.05) is 45.4 Å². The Labute approximate surface area is 141 Å². The van der Waals surface area contributed by atoms with E-state index < -0.39 is 0 Å². The number of carbonyl (C=O) groups excluding carboxylic acids is 1. The third-order valence-electron chi connectivity index (χ3n) is 3.48. The maximum Gasteiger partial charge on any atom is 0.251 e. The molecule has 0 aliphatic rings. The van der Waals surface area contributed by atoms with Crippen LogP contribution >= 0.6 is 11.8 Å². The van der Waals surface area contributed by atoms with Gasteiger partial charge in [-0.25, -0.2) is 0 Å². The van der Waals surface area contributed by atoms with Gasteiger partial charge in [-0.05, 0) is 30.0 Å². The van der Waals surface area contributed by atoms with E-state index in [4.69, 9.17) is 0 Å². The number of hydrogen-bond acceptors (Lipinski definition) is 5. The van der Waals surface area contributed by atoms with Crippen LogP contribution in [0.3, 0.4) is 0 Å². The molecule has 7 heteroatoms. The highest BCUT2D eigenvalue weighted by Gasteiger charge is 2.10. The van der Waals surface area contributed by atoms with E-state index in [0.717, 1.165) is 22.4 Å². The highest BCUT2D eigenvalue weighted by molar-refractivity contribution is 7.99. The fraction of sp³-hybridized carbons (Fsp3) is 0.438. The zero-order valence-corrected chi connectivity index (χ0v) is 14.9. The summed E-state index contributed by atoms with van der Waals surface area (Å²) in [6.07, 6.45) is 0.662. The van der Waals surface area contributed by atoms with Gasteiger partial charge in [-0.15, -0.1) is 10.2 Å². The van der Waals surface area contributed by atoms with E-state index in [1.54, 1.807) is 11.8 Å². The number of nitrogens with zero attached hydrogens (tertiary/aromatic N) is 4. The SMILES string of the molecule is CCSc1nnc(CCNC(=O)c2ccc(N(C)C)cc2)n1C. The molecule has 23 heavy (non-hydrogen) atoms. The number of benzene rings is 1. The van der Waals surface area contributed by atoms with Crippen LogP contribution in [0.4, 0.5) is 5.69 Å². The van der Waals surface area contributed by atoms with Crippen molar-refractivity contribution in [3.05, 3.63) is 35.7 Å². The smallest absolute Gasteiger partial charge is 0.251 e. The van der Waals surface area contributed by atoms with Gasteiger partial charge >= 0.3 is 0 Å². The number of aromatic nitrogens is 3. The molecular formula is C16H23N5OS. The topological polar surface area (TPSA) is 63.1 Å². The predicted octanol–water partition coefficient (Wildman–Crippen LogP) is 1.97. The summed E-state index contributed by atoms with van der Waals surface area (Å²) >= 11 is 1.66. The average Bonchev–Trinajstić information content (AvgIpc) is 2.88. The Morgan fingerprint density at radius 1 is 1.26 bits per heavy atom. The molecule has 1 heterocycles. The Bertz CT molecular complexity index is 651. The quantitative estimate of drug-likeness (QED) is 0.785. The summed E-state index contributed by atoms with van der Waals surface area (Å²) in [7, 11) is 5.90. The van der Waals surface area contributed by atoms with E-state index in [1.807, 2.05) is 54.9 Å². The first kappa shape index (κ1) is 17.3. The molecule has 0 aliphatic heterocycles. The molecule has 2 aromatic rings. The van der Waals surface area contributed by atoms with Gasteiger partial charge in [0.2, 0.25) is 0 Å². The second-order valence-corrected chi connectivity index (χ2v) is 6.57.